The lowest BCUT2D eigenvalue weighted by Crippen LogP contribution is -2.23. The summed E-state index contributed by atoms with van der Waals surface area (Å²) in [5.74, 6) is 0. The molecule has 0 heterocycles. The summed E-state index contributed by atoms with van der Waals surface area (Å²) >= 11 is 9.33. The van der Waals surface area contributed by atoms with Gasteiger partial charge in [-0.1, -0.05) is 40.5 Å². The van der Waals surface area contributed by atoms with E-state index in [-0.39, 0.29) is 12.5 Å². The van der Waals surface area contributed by atoms with Gasteiger partial charge in [-0.25, -0.2) is 0 Å². The van der Waals surface area contributed by atoms with Crippen LogP contribution in [0.1, 0.15) is 31.4 Å². The Labute approximate surface area is 118 Å². The van der Waals surface area contributed by atoms with E-state index >= 15 is 0 Å². The smallest absolute Gasteiger partial charge is 0.310 e. The molecule has 0 aliphatic rings. The van der Waals surface area contributed by atoms with E-state index in [1.54, 1.807) is 18.2 Å². The average molecular weight is 345 g/mol. The van der Waals surface area contributed by atoms with E-state index in [9.17, 15) is 13.2 Å². The van der Waals surface area contributed by atoms with Crippen LogP contribution in [0, 0.1) is 0 Å². The maximum Gasteiger partial charge on any atom is 0.389 e. The molecule has 0 amide bonds. The minimum Gasteiger partial charge on any atom is -0.310 e. The number of rotatable bonds is 5. The zero-order valence-electron chi connectivity index (χ0n) is 9.82. The summed E-state index contributed by atoms with van der Waals surface area (Å²) in [4.78, 5) is 0. The first kappa shape index (κ1) is 15.8. The molecule has 0 fully saturated rings. The molecule has 1 atom stereocenters. The van der Waals surface area contributed by atoms with Gasteiger partial charge < -0.3 is 5.32 Å². The van der Waals surface area contributed by atoms with Crippen LogP contribution in [0.15, 0.2) is 22.7 Å². The standard InChI is InChI=1S/C12H14BrClF3N/c1-2-18-11(5-6-12(15,16)17)9-4-3-8(13)7-10(9)14/h3-4,7,11,18H,2,5-6H2,1H3. The van der Waals surface area contributed by atoms with Gasteiger partial charge in [0.25, 0.3) is 0 Å². The highest BCUT2D eigenvalue weighted by molar-refractivity contribution is 9.10. The fourth-order valence-electron chi connectivity index (χ4n) is 1.71. The van der Waals surface area contributed by atoms with Crippen LogP contribution in [-0.4, -0.2) is 12.7 Å². The lowest BCUT2D eigenvalue weighted by atomic mass is 10.0. The summed E-state index contributed by atoms with van der Waals surface area (Å²) in [6.45, 7) is 2.45. The van der Waals surface area contributed by atoms with Crippen molar-refractivity contribution in [3.8, 4) is 0 Å². The summed E-state index contributed by atoms with van der Waals surface area (Å²) < 4.78 is 37.6. The molecule has 1 rings (SSSR count). The molecule has 6 heteroatoms. The maximum atomic E-state index is 12.3. The van der Waals surface area contributed by atoms with Gasteiger partial charge in [-0.2, -0.15) is 13.2 Å². The normalized spacial score (nSPS) is 13.7. The van der Waals surface area contributed by atoms with E-state index in [0.29, 0.717) is 17.1 Å². The fraction of sp³-hybridized carbons (Fsp3) is 0.500. The van der Waals surface area contributed by atoms with Gasteiger partial charge in [-0.3, -0.25) is 0 Å². The summed E-state index contributed by atoms with van der Waals surface area (Å²) in [6.07, 6.45) is -4.98. The van der Waals surface area contributed by atoms with Crippen LogP contribution in [-0.2, 0) is 0 Å². The first-order valence-electron chi connectivity index (χ1n) is 5.58. The fourth-order valence-corrected chi connectivity index (χ4v) is 2.51. The molecule has 102 valence electrons. The van der Waals surface area contributed by atoms with Gasteiger partial charge in [-0.15, -0.1) is 0 Å². The second-order valence-electron chi connectivity index (χ2n) is 3.93. The molecule has 0 aromatic heterocycles. The third-order valence-corrected chi connectivity index (χ3v) is 3.33. The van der Waals surface area contributed by atoms with Crippen molar-refractivity contribution in [1.82, 2.24) is 5.32 Å². The summed E-state index contributed by atoms with van der Waals surface area (Å²) in [6, 6.07) is 4.83. The predicted octanol–water partition coefficient (Wildman–Crippen LogP) is 5.10. The van der Waals surface area contributed by atoms with E-state index < -0.39 is 12.6 Å². The second-order valence-corrected chi connectivity index (χ2v) is 5.25. The molecular weight excluding hydrogens is 330 g/mol. The number of alkyl halides is 3. The Hall–Kier alpha value is -0.260. The Bertz CT molecular complexity index is 395. The monoisotopic (exact) mass is 343 g/mol. The first-order chi connectivity index (χ1) is 8.33. The van der Waals surface area contributed by atoms with Gasteiger partial charge in [0.15, 0.2) is 0 Å². The molecule has 0 aliphatic heterocycles. The second kappa shape index (κ2) is 6.78. The van der Waals surface area contributed by atoms with E-state index in [0.717, 1.165) is 4.47 Å². The van der Waals surface area contributed by atoms with Crippen molar-refractivity contribution in [1.29, 1.82) is 0 Å². The van der Waals surface area contributed by atoms with Crippen LogP contribution < -0.4 is 5.32 Å². The number of hydrogen-bond acceptors (Lipinski definition) is 1. The molecule has 1 unspecified atom stereocenters. The molecule has 0 saturated carbocycles. The minimum atomic E-state index is -4.14. The molecule has 0 bridgehead atoms. The lowest BCUT2D eigenvalue weighted by Gasteiger charge is -2.20. The lowest BCUT2D eigenvalue weighted by molar-refractivity contribution is -0.136. The predicted molar refractivity (Wildman–Crippen MR) is 70.9 cm³/mol. The molecule has 0 saturated heterocycles. The summed E-state index contributed by atoms with van der Waals surface area (Å²) in [7, 11) is 0. The number of nitrogens with one attached hydrogen (secondary N) is 1. The van der Waals surface area contributed by atoms with Gasteiger partial charge >= 0.3 is 6.18 Å². The summed E-state index contributed by atoms with van der Waals surface area (Å²) in [5, 5.41) is 3.50. The Morgan fingerprint density at radius 2 is 2.06 bits per heavy atom. The van der Waals surface area contributed by atoms with Gasteiger partial charge in [-0.05, 0) is 30.7 Å². The third kappa shape index (κ3) is 5.16. The zero-order chi connectivity index (χ0) is 13.8. The van der Waals surface area contributed by atoms with Crippen LogP contribution in [0.4, 0.5) is 13.2 Å². The van der Waals surface area contributed by atoms with E-state index in [4.69, 9.17) is 11.6 Å². The maximum absolute atomic E-state index is 12.3. The highest BCUT2D eigenvalue weighted by Crippen LogP contribution is 2.32. The van der Waals surface area contributed by atoms with Crippen LogP contribution in [0.3, 0.4) is 0 Å². The molecule has 0 aliphatic carbocycles. The van der Waals surface area contributed by atoms with Crippen LogP contribution in [0.5, 0.6) is 0 Å². The molecule has 0 radical (unpaired) electrons. The van der Waals surface area contributed by atoms with Crippen LogP contribution in [0.25, 0.3) is 0 Å². The molecule has 1 nitrogen and oxygen atoms in total. The zero-order valence-corrected chi connectivity index (χ0v) is 12.2. The SMILES string of the molecule is CCNC(CCC(F)(F)F)c1ccc(Br)cc1Cl. The Balaban J connectivity index is 2.83. The Morgan fingerprint density at radius 3 is 2.56 bits per heavy atom. The van der Waals surface area contributed by atoms with E-state index in [2.05, 4.69) is 21.2 Å². The van der Waals surface area contributed by atoms with E-state index in [1.165, 1.54) is 0 Å². The molecule has 1 aromatic carbocycles. The van der Waals surface area contributed by atoms with Crippen molar-refractivity contribution in [2.24, 2.45) is 0 Å². The quantitative estimate of drug-likeness (QED) is 0.784. The molecule has 0 spiro atoms. The largest absolute Gasteiger partial charge is 0.389 e. The van der Waals surface area contributed by atoms with Crippen LogP contribution >= 0.6 is 27.5 Å². The van der Waals surface area contributed by atoms with E-state index in [1.807, 2.05) is 6.92 Å². The van der Waals surface area contributed by atoms with Crippen LogP contribution in [0.2, 0.25) is 5.02 Å². The molecule has 1 aromatic rings. The number of hydrogen-bond donors (Lipinski definition) is 1. The van der Waals surface area contributed by atoms with Crippen molar-refractivity contribution >= 4 is 27.5 Å². The first-order valence-corrected chi connectivity index (χ1v) is 6.75. The van der Waals surface area contributed by atoms with Crippen molar-refractivity contribution in [3.63, 3.8) is 0 Å². The summed E-state index contributed by atoms with van der Waals surface area (Å²) in [5.41, 5.74) is 0.700. The van der Waals surface area contributed by atoms with Gasteiger partial charge in [0.2, 0.25) is 0 Å². The average Bonchev–Trinajstić information content (AvgIpc) is 2.24. The molecular formula is C12H14BrClF3N. The van der Waals surface area contributed by atoms with Crippen molar-refractivity contribution in [3.05, 3.63) is 33.3 Å². The number of benzene rings is 1. The van der Waals surface area contributed by atoms with Crippen molar-refractivity contribution in [2.45, 2.75) is 32.0 Å². The Morgan fingerprint density at radius 1 is 1.39 bits per heavy atom. The molecule has 1 N–H and O–H groups in total. The van der Waals surface area contributed by atoms with Crippen molar-refractivity contribution in [2.75, 3.05) is 6.54 Å². The topological polar surface area (TPSA) is 12.0 Å². The van der Waals surface area contributed by atoms with Gasteiger partial charge in [0, 0.05) is 22.0 Å². The Kier molecular flexibility index (Phi) is 5.95. The highest BCUT2D eigenvalue weighted by Gasteiger charge is 2.29. The number of halogens is 5. The molecule has 18 heavy (non-hydrogen) atoms. The van der Waals surface area contributed by atoms with Crippen molar-refractivity contribution < 1.29 is 13.2 Å². The minimum absolute atomic E-state index is 0.0152. The highest BCUT2D eigenvalue weighted by atomic mass is 79.9. The third-order valence-electron chi connectivity index (χ3n) is 2.50. The van der Waals surface area contributed by atoms with Gasteiger partial charge in [0.05, 0.1) is 0 Å². The van der Waals surface area contributed by atoms with Gasteiger partial charge in [0.1, 0.15) is 0 Å².